The Morgan fingerprint density at radius 1 is 1.19 bits per heavy atom. The van der Waals surface area contributed by atoms with Gasteiger partial charge in [0.1, 0.15) is 5.75 Å². The molecule has 1 saturated heterocycles. The summed E-state index contributed by atoms with van der Waals surface area (Å²) in [6.45, 7) is 8.44. The molecule has 1 heterocycles. The van der Waals surface area contributed by atoms with Crippen LogP contribution >= 0.6 is 0 Å². The third kappa shape index (κ3) is 6.86. The van der Waals surface area contributed by atoms with Crippen LogP contribution in [0, 0.1) is 11.8 Å². The predicted molar refractivity (Wildman–Crippen MR) is 105 cm³/mol. The van der Waals surface area contributed by atoms with Crippen LogP contribution in [0.4, 0.5) is 0 Å². The fourth-order valence-electron chi connectivity index (χ4n) is 3.77. The largest absolute Gasteiger partial charge is 0.484 e. The molecule has 0 bridgehead atoms. The van der Waals surface area contributed by atoms with Crippen LogP contribution in [0.1, 0.15) is 33.1 Å². The number of carboxylic acid groups (broad SMARTS) is 1. The summed E-state index contributed by atoms with van der Waals surface area (Å²) in [6.07, 6.45) is 1.85. The SMILES string of the molecule is CCN(CC)CC[C@H]1CN(C(=O)COc2ccccc2)CC[C@H]1CC(=O)O. The van der Waals surface area contributed by atoms with Crippen molar-refractivity contribution in [1.29, 1.82) is 0 Å². The summed E-state index contributed by atoms with van der Waals surface area (Å²) in [5.41, 5.74) is 0. The maximum absolute atomic E-state index is 12.6. The molecule has 1 aliphatic rings. The van der Waals surface area contributed by atoms with Crippen molar-refractivity contribution >= 4 is 11.9 Å². The number of para-hydroxylation sites is 1. The topological polar surface area (TPSA) is 70.1 Å². The van der Waals surface area contributed by atoms with E-state index in [-0.39, 0.29) is 30.8 Å². The molecule has 1 amide bonds. The lowest BCUT2D eigenvalue weighted by Gasteiger charge is -2.39. The third-order valence-electron chi connectivity index (χ3n) is 5.50. The molecule has 2 rings (SSSR count). The minimum Gasteiger partial charge on any atom is -0.484 e. The average molecular weight is 376 g/mol. The molecule has 0 aromatic heterocycles. The first-order valence-corrected chi connectivity index (χ1v) is 9.93. The number of ether oxygens (including phenoxy) is 1. The van der Waals surface area contributed by atoms with Gasteiger partial charge in [0.15, 0.2) is 6.61 Å². The molecule has 150 valence electrons. The average Bonchev–Trinajstić information content (AvgIpc) is 2.68. The summed E-state index contributed by atoms with van der Waals surface area (Å²) < 4.78 is 5.59. The number of amides is 1. The minimum atomic E-state index is -0.750. The molecule has 6 nitrogen and oxygen atoms in total. The van der Waals surface area contributed by atoms with Crippen LogP contribution in [-0.4, -0.2) is 66.1 Å². The number of aliphatic carboxylic acids is 1. The van der Waals surface area contributed by atoms with Gasteiger partial charge in [0.05, 0.1) is 0 Å². The highest BCUT2D eigenvalue weighted by Gasteiger charge is 2.32. The first-order valence-electron chi connectivity index (χ1n) is 9.93. The highest BCUT2D eigenvalue weighted by atomic mass is 16.5. The second-order valence-corrected chi connectivity index (χ2v) is 7.16. The molecule has 1 aromatic rings. The molecule has 0 unspecified atom stereocenters. The molecule has 1 fully saturated rings. The minimum absolute atomic E-state index is 0.0242. The Morgan fingerprint density at radius 2 is 1.89 bits per heavy atom. The molecule has 0 aliphatic carbocycles. The lowest BCUT2D eigenvalue weighted by molar-refractivity contribution is -0.140. The van der Waals surface area contributed by atoms with E-state index in [2.05, 4.69) is 18.7 Å². The molecule has 0 radical (unpaired) electrons. The fraction of sp³-hybridized carbons (Fsp3) is 0.619. The van der Waals surface area contributed by atoms with Gasteiger partial charge in [-0.2, -0.15) is 0 Å². The fourth-order valence-corrected chi connectivity index (χ4v) is 3.77. The Balaban J connectivity index is 1.92. The van der Waals surface area contributed by atoms with E-state index < -0.39 is 5.97 Å². The zero-order chi connectivity index (χ0) is 19.6. The smallest absolute Gasteiger partial charge is 0.303 e. The lowest BCUT2D eigenvalue weighted by Crippen LogP contribution is -2.46. The Kier molecular flexibility index (Phi) is 8.58. The number of piperidine rings is 1. The van der Waals surface area contributed by atoms with E-state index in [1.807, 2.05) is 35.2 Å². The van der Waals surface area contributed by atoms with E-state index in [0.717, 1.165) is 32.5 Å². The van der Waals surface area contributed by atoms with Crippen LogP contribution in [0.25, 0.3) is 0 Å². The second kappa shape index (κ2) is 10.9. The normalized spacial score (nSPS) is 19.9. The van der Waals surface area contributed by atoms with Crippen LogP contribution in [0.3, 0.4) is 0 Å². The Labute approximate surface area is 162 Å². The van der Waals surface area contributed by atoms with E-state index in [4.69, 9.17) is 4.74 Å². The summed E-state index contributed by atoms with van der Waals surface area (Å²) in [4.78, 5) is 28.0. The highest BCUT2D eigenvalue weighted by molar-refractivity contribution is 5.78. The molecule has 6 heteroatoms. The number of hydrogen-bond donors (Lipinski definition) is 1. The van der Waals surface area contributed by atoms with Crippen molar-refractivity contribution in [3.63, 3.8) is 0 Å². The van der Waals surface area contributed by atoms with E-state index in [0.29, 0.717) is 18.8 Å². The van der Waals surface area contributed by atoms with E-state index in [9.17, 15) is 14.7 Å². The molecular weight excluding hydrogens is 344 g/mol. The maximum Gasteiger partial charge on any atom is 0.303 e. The van der Waals surface area contributed by atoms with Gasteiger partial charge >= 0.3 is 5.97 Å². The van der Waals surface area contributed by atoms with Gasteiger partial charge in [-0.15, -0.1) is 0 Å². The van der Waals surface area contributed by atoms with Crippen molar-refractivity contribution in [1.82, 2.24) is 9.80 Å². The Morgan fingerprint density at radius 3 is 2.52 bits per heavy atom. The molecule has 0 spiro atoms. The molecule has 2 atom stereocenters. The zero-order valence-electron chi connectivity index (χ0n) is 16.5. The molecular formula is C21H32N2O4. The van der Waals surface area contributed by atoms with Gasteiger partial charge in [0.2, 0.25) is 0 Å². The molecule has 0 saturated carbocycles. The standard InChI is InChI=1S/C21H32N2O4/c1-3-22(4-2)12-10-18-15-23(13-11-17(18)14-21(25)26)20(24)16-27-19-8-6-5-7-9-19/h5-9,17-18H,3-4,10-16H2,1-2H3,(H,25,26)/t17-,18-/m0/s1. The van der Waals surface area contributed by atoms with Crippen molar-refractivity contribution in [3.05, 3.63) is 30.3 Å². The van der Waals surface area contributed by atoms with E-state index >= 15 is 0 Å². The van der Waals surface area contributed by atoms with Gasteiger partial charge < -0.3 is 19.6 Å². The third-order valence-corrected chi connectivity index (χ3v) is 5.50. The summed E-state index contributed by atoms with van der Waals surface area (Å²) in [5, 5.41) is 9.23. The second-order valence-electron chi connectivity index (χ2n) is 7.16. The number of carboxylic acids is 1. The molecule has 27 heavy (non-hydrogen) atoms. The van der Waals surface area contributed by atoms with Crippen molar-refractivity contribution in [3.8, 4) is 5.75 Å². The number of likely N-dealkylation sites (tertiary alicyclic amines) is 1. The lowest BCUT2D eigenvalue weighted by atomic mass is 9.81. The van der Waals surface area contributed by atoms with Crippen molar-refractivity contribution in [2.75, 3.05) is 39.3 Å². The molecule has 1 aliphatic heterocycles. The summed E-state index contributed by atoms with van der Waals surface area (Å²) in [7, 11) is 0. The monoisotopic (exact) mass is 376 g/mol. The van der Waals surface area contributed by atoms with Crippen molar-refractivity contribution in [2.45, 2.75) is 33.1 Å². The highest BCUT2D eigenvalue weighted by Crippen LogP contribution is 2.29. The van der Waals surface area contributed by atoms with Crippen LogP contribution in [-0.2, 0) is 9.59 Å². The first kappa shape index (κ1) is 21.2. The van der Waals surface area contributed by atoms with Crippen LogP contribution in [0.15, 0.2) is 30.3 Å². The van der Waals surface area contributed by atoms with Crippen LogP contribution in [0.2, 0.25) is 0 Å². The first-order chi connectivity index (χ1) is 13.0. The Hall–Kier alpha value is -2.08. The predicted octanol–water partition coefficient (Wildman–Crippen LogP) is 2.74. The van der Waals surface area contributed by atoms with E-state index in [1.165, 1.54) is 0 Å². The number of carbonyl (C=O) groups excluding carboxylic acids is 1. The van der Waals surface area contributed by atoms with Gasteiger partial charge in [0, 0.05) is 19.5 Å². The van der Waals surface area contributed by atoms with Gasteiger partial charge in [-0.3, -0.25) is 9.59 Å². The summed E-state index contributed by atoms with van der Waals surface area (Å²) >= 11 is 0. The van der Waals surface area contributed by atoms with Crippen molar-refractivity contribution in [2.24, 2.45) is 11.8 Å². The Bertz CT molecular complexity index is 589. The summed E-state index contributed by atoms with van der Waals surface area (Å²) in [6, 6.07) is 9.32. The molecule has 1 N–H and O–H groups in total. The number of hydrogen-bond acceptors (Lipinski definition) is 4. The zero-order valence-corrected chi connectivity index (χ0v) is 16.5. The van der Waals surface area contributed by atoms with Crippen LogP contribution < -0.4 is 4.74 Å². The van der Waals surface area contributed by atoms with Gasteiger partial charge in [-0.25, -0.2) is 0 Å². The summed E-state index contributed by atoms with van der Waals surface area (Å²) in [5.74, 6) is 0.262. The maximum atomic E-state index is 12.6. The number of carbonyl (C=O) groups is 2. The quantitative estimate of drug-likeness (QED) is 0.680. The van der Waals surface area contributed by atoms with Gasteiger partial charge in [-0.05, 0) is 56.4 Å². The van der Waals surface area contributed by atoms with Crippen molar-refractivity contribution < 1.29 is 19.4 Å². The van der Waals surface area contributed by atoms with Gasteiger partial charge in [-0.1, -0.05) is 32.0 Å². The van der Waals surface area contributed by atoms with E-state index in [1.54, 1.807) is 0 Å². The number of nitrogens with zero attached hydrogens (tertiary/aromatic N) is 2. The number of benzene rings is 1. The van der Waals surface area contributed by atoms with Crippen LogP contribution in [0.5, 0.6) is 5.75 Å². The number of rotatable bonds is 10. The molecule has 1 aromatic carbocycles. The van der Waals surface area contributed by atoms with Gasteiger partial charge in [0.25, 0.3) is 5.91 Å².